The summed E-state index contributed by atoms with van der Waals surface area (Å²) >= 11 is 0. The molecule has 20 heavy (non-hydrogen) atoms. The molecule has 0 aliphatic carbocycles. The monoisotopic (exact) mass is 269 g/mol. The van der Waals surface area contributed by atoms with Gasteiger partial charge in [-0.25, -0.2) is 4.39 Å². The Hall–Kier alpha value is -1.67. The van der Waals surface area contributed by atoms with E-state index in [-0.39, 0.29) is 6.04 Å². The zero-order valence-corrected chi connectivity index (χ0v) is 11.6. The van der Waals surface area contributed by atoms with Crippen LogP contribution in [0.4, 0.5) is 4.39 Å². The number of nitrogens with one attached hydrogen (secondary N) is 1. The lowest BCUT2D eigenvalue weighted by Crippen LogP contribution is -2.37. The third kappa shape index (κ3) is 2.91. The van der Waals surface area contributed by atoms with Crippen LogP contribution in [0.25, 0.3) is 11.1 Å². The molecule has 1 heterocycles. The highest BCUT2D eigenvalue weighted by Gasteiger charge is 2.24. The molecule has 1 fully saturated rings. The molecule has 0 radical (unpaired) electrons. The predicted octanol–water partition coefficient (Wildman–Crippen LogP) is 4.51. The Morgan fingerprint density at radius 2 is 1.60 bits per heavy atom. The van der Waals surface area contributed by atoms with Crippen molar-refractivity contribution < 1.29 is 4.39 Å². The number of rotatable bonds is 3. The molecule has 2 heteroatoms. The van der Waals surface area contributed by atoms with Crippen molar-refractivity contribution in [3.63, 3.8) is 0 Å². The second kappa shape index (κ2) is 6.19. The van der Waals surface area contributed by atoms with E-state index < -0.39 is 6.17 Å². The van der Waals surface area contributed by atoms with E-state index in [4.69, 9.17) is 0 Å². The Morgan fingerprint density at radius 3 is 2.25 bits per heavy atom. The van der Waals surface area contributed by atoms with Gasteiger partial charge in [0.25, 0.3) is 0 Å². The van der Waals surface area contributed by atoms with E-state index in [9.17, 15) is 4.39 Å². The van der Waals surface area contributed by atoms with Crippen LogP contribution in [0, 0.1) is 0 Å². The van der Waals surface area contributed by atoms with E-state index in [0.717, 1.165) is 36.9 Å². The van der Waals surface area contributed by atoms with Crippen LogP contribution in [0.1, 0.15) is 31.0 Å². The second-order valence-corrected chi connectivity index (χ2v) is 5.45. The first-order chi connectivity index (χ1) is 9.84. The van der Waals surface area contributed by atoms with E-state index in [2.05, 4.69) is 17.4 Å². The topological polar surface area (TPSA) is 12.0 Å². The molecule has 0 spiro atoms. The number of piperidine rings is 1. The van der Waals surface area contributed by atoms with Gasteiger partial charge in [-0.1, -0.05) is 61.0 Å². The number of benzene rings is 2. The lowest BCUT2D eigenvalue weighted by molar-refractivity contribution is 0.221. The lowest BCUT2D eigenvalue weighted by atomic mass is 9.94. The van der Waals surface area contributed by atoms with Crippen molar-refractivity contribution in [2.75, 3.05) is 6.54 Å². The van der Waals surface area contributed by atoms with Gasteiger partial charge in [0.2, 0.25) is 0 Å². The molecule has 0 amide bonds. The van der Waals surface area contributed by atoms with Crippen LogP contribution >= 0.6 is 0 Å². The fourth-order valence-electron chi connectivity index (χ4n) is 2.85. The van der Waals surface area contributed by atoms with Crippen molar-refractivity contribution in [2.45, 2.75) is 31.5 Å². The third-order valence-corrected chi connectivity index (χ3v) is 4.04. The SMILES string of the molecule is FC(c1ccc(-c2ccccc2)cc1)C1CCCCN1. The Kier molecular flexibility index (Phi) is 4.12. The van der Waals surface area contributed by atoms with Crippen LogP contribution in [0.2, 0.25) is 0 Å². The molecular weight excluding hydrogens is 249 g/mol. The van der Waals surface area contributed by atoms with Crippen LogP contribution in [0.15, 0.2) is 54.6 Å². The van der Waals surface area contributed by atoms with Gasteiger partial charge in [0.15, 0.2) is 0 Å². The van der Waals surface area contributed by atoms with Crippen molar-refractivity contribution in [2.24, 2.45) is 0 Å². The summed E-state index contributed by atoms with van der Waals surface area (Å²) in [6.45, 7) is 0.938. The minimum Gasteiger partial charge on any atom is -0.311 e. The molecule has 104 valence electrons. The van der Waals surface area contributed by atoms with Crippen LogP contribution in [0.3, 0.4) is 0 Å². The molecule has 1 aliphatic rings. The fourth-order valence-corrected chi connectivity index (χ4v) is 2.85. The highest BCUT2D eigenvalue weighted by molar-refractivity contribution is 5.63. The highest BCUT2D eigenvalue weighted by Crippen LogP contribution is 2.28. The van der Waals surface area contributed by atoms with Gasteiger partial charge < -0.3 is 5.32 Å². The number of alkyl halides is 1. The summed E-state index contributed by atoms with van der Waals surface area (Å²) in [7, 11) is 0. The maximum absolute atomic E-state index is 14.5. The van der Waals surface area contributed by atoms with Gasteiger partial charge in [0.1, 0.15) is 6.17 Å². The predicted molar refractivity (Wildman–Crippen MR) is 81.4 cm³/mol. The first kappa shape index (κ1) is 13.3. The summed E-state index contributed by atoms with van der Waals surface area (Å²) in [5, 5.41) is 3.29. The van der Waals surface area contributed by atoms with Crippen molar-refractivity contribution in [1.29, 1.82) is 0 Å². The maximum atomic E-state index is 14.5. The highest BCUT2D eigenvalue weighted by atomic mass is 19.1. The Morgan fingerprint density at radius 1 is 0.900 bits per heavy atom. The van der Waals surface area contributed by atoms with Crippen LogP contribution in [-0.4, -0.2) is 12.6 Å². The van der Waals surface area contributed by atoms with E-state index >= 15 is 0 Å². The van der Waals surface area contributed by atoms with E-state index in [1.807, 2.05) is 42.5 Å². The van der Waals surface area contributed by atoms with Crippen LogP contribution < -0.4 is 5.32 Å². The zero-order valence-electron chi connectivity index (χ0n) is 11.6. The third-order valence-electron chi connectivity index (χ3n) is 4.04. The molecule has 1 aliphatic heterocycles. The first-order valence-electron chi connectivity index (χ1n) is 7.37. The molecule has 0 aromatic heterocycles. The molecule has 0 saturated carbocycles. The average Bonchev–Trinajstić information content (AvgIpc) is 2.56. The van der Waals surface area contributed by atoms with Crippen LogP contribution in [0.5, 0.6) is 0 Å². The molecule has 2 aromatic carbocycles. The average molecular weight is 269 g/mol. The minimum atomic E-state index is -0.903. The maximum Gasteiger partial charge on any atom is 0.140 e. The normalized spacial score (nSPS) is 20.6. The number of halogens is 1. The molecule has 2 aromatic rings. The minimum absolute atomic E-state index is 0.0219. The zero-order chi connectivity index (χ0) is 13.8. The molecule has 1 N–H and O–H groups in total. The van der Waals surface area contributed by atoms with Gasteiger partial charge >= 0.3 is 0 Å². The van der Waals surface area contributed by atoms with Crippen molar-refractivity contribution in [3.05, 3.63) is 60.2 Å². The Bertz CT molecular complexity index is 529. The molecule has 0 bridgehead atoms. The van der Waals surface area contributed by atoms with Crippen LogP contribution in [-0.2, 0) is 0 Å². The summed E-state index contributed by atoms with van der Waals surface area (Å²) in [4.78, 5) is 0. The smallest absolute Gasteiger partial charge is 0.140 e. The van der Waals surface area contributed by atoms with Gasteiger partial charge in [-0.2, -0.15) is 0 Å². The lowest BCUT2D eigenvalue weighted by Gasteiger charge is -2.26. The summed E-state index contributed by atoms with van der Waals surface area (Å²) in [6.07, 6.45) is 2.32. The van der Waals surface area contributed by atoms with Crippen molar-refractivity contribution in [3.8, 4) is 11.1 Å². The molecule has 1 nitrogen and oxygen atoms in total. The molecule has 2 atom stereocenters. The number of hydrogen-bond acceptors (Lipinski definition) is 1. The van der Waals surface area contributed by atoms with E-state index in [1.54, 1.807) is 0 Å². The Labute approximate surface area is 119 Å². The van der Waals surface area contributed by atoms with Gasteiger partial charge in [0.05, 0.1) is 0 Å². The van der Waals surface area contributed by atoms with Gasteiger partial charge in [0, 0.05) is 6.04 Å². The van der Waals surface area contributed by atoms with Gasteiger partial charge in [-0.3, -0.25) is 0 Å². The Balaban J connectivity index is 1.75. The summed E-state index contributed by atoms with van der Waals surface area (Å²) < 4.78 is 14.5. The second-order valence-electron chi connectivity index (χ2n) is 5.45. The quantitative estimate of drug-likeness (QED) is 0.864. The summed E-state index contributed by atoms with van der Waals surface area (Å²) in [6, 6.07) is 18.0. The van der Waals surface area contributed by atoms with Crippen molar-refractivity contribution in [1.82, 2.24) is 5.32 Å². The standard InChI is InChI=1S/C18H20FN/c19-18(17-8-4-5-13-20-17)16-11-9-15(10-12-16)14-6-2-1-3-7-14/h1-3,6-7,9-12,17-18,20H,4-5,8,13H2. The van der Waals surface area contributed by atoms with E-state index in [1.165, 1.54) is 5.56 Å². The number of hydrogen-bond donors (Lipinski definition) is 1. The van der Waals surface area contributed by atoms with Crippen molar-refractivity contribution >= 4 is 0 Å². The largest absolute Gasteiger partial charge is 0.311 e. The summed E-state index contributed by atoms with van der Waals surface area (Å²) in [5.41, 5.74) is 3.09. The van der Waals surface area contributed by atoms with Gasteiger partial charge in [-0.15, -0.1) is 0 Å². The molecular formula is C18H20FN. The molecule has 2 unspecified atom stereocenters. The van der Waals surface area contributed by atoms with Gasteiger partial charge in [-0.05, 0) is 36.1 Å². The summed E-state index contributed by atoms with van der Waals surface area (Å²) in [5.74, 6) is 0. The molecule has 3 rings (SSSR count). The van der Waals surface area contributed by atoms with E-state index in [0.29, 0.717) is 0 Å². The first-order valence-corrected chi connectivity index (χ1v) is 7.37. The fraction of sp³-hybridized carbons (Fsp3) is 0.333. The molecule has 1 saturated heterocycles.